The second-order valence-corrected chi connectivity index (χ2v) is 5.39. The van der Waals surface area contributed by atoms with E-state index in [1.807, 2.05) is 0 Å². The molecule has 0 radical (unpaired) electrons. The average Bonchev–Trinajstić information content (AvgIpc) is 2.89. The first-order valence-electron chi connectivity index (χ1n) is 6.83. The fourth-order valence-corrected chi connectivity index (χ4v) is 2.86. The molecule has 16 heavy (non-hydrogen) atoms. The summed E-state index contributed by atoms with van der Waals surface area (Å²) in [4.78, 5) is 0. The Morgan fingerprint density at radius 1 is 1.25 bits per heavy atom. The van der Waals surface area contributed by atoms with Crippen molar-refractivity contribution in [1.82, 2.24) is 5.32 Å². The fraction of sp³-hybridized carbons (Fsp3) is 1.00. The molecule has 0 aromatic carbocycles. The molecule has 2 fully saturated rings. The Balaban J connectivity index is 1.48. The van der Waals surface area contributed by atoms with E-state index in [-0.39, 0.29) is 0 Å². The lowest BCUT2D eigenvalue weighted by Crippen LogP contribution is -2.38. The molecule has 0 aromatic rings. The van der Waals surface area contributed by atoms with Crippen LogP contribution in [0.25, 0.3) is 0 Å². The molecular weight excluding hydrogens is 202 g/mol. The molecule has 3 heteroatoms. The average molecular weight is 227 g/mol. The molecule has 0 bridgehead atoms. The zero-order chi connectivity index (χ0) is 11.3. The molecule has 0 aromatic heterocycles. The smallest absolute Gasteiger partial charge is 0.0771 e. The minimum atomic E-state index is -0.399. The van der Waals surface area contributed by atoms with E-state index >= 15 is 0 Å². The van der Waals surface area contributed by atoms with Gasteiger partial charge in [0.25, 0.3) is 0 Å². The van der Waals surface area contributed by atoms with Crippen LogP contribution in [0.2, 0.25) is 0 Å². The van der Waals surface area contributed by atoms with Crippen molar-refractivity contribution in [2.45, 2.75) is 63.1 Å². The predicted octanol–water partition coefficient (Wildman–Crippen LogP) is 1.84. The molecule has 2 aliphatic rings. The highest BCUT2D eigenvalue weighted by Gasteiger charge is 2.30. The van der Waals surface area contributed by atoms with Crippen LogP contribution in [0.5, 0.6) is 0 Å². The lowest BCUT2D eigenvalue weighted by atomic mass is 10.0. The van der Waals surface area contributed by atoms with Gasteiger partial charge in [-0.05, 0) is 45.1 Å². The van der Waals surface area contributed by atoms with Crippen LogP contribution < -0.4 is 5.32 Å². The molecule has 94 valence electrons. The quantitative estimate of drug-likeness (QED) is 0.680. The highest BCUT2D eigenvalue weighted by atomic mass is 16.5. The second kappa shape index (κ2) is 5.99. The molecule has 2 N–H and O–H groups in total. The van der Waals surface area contributed by atoms with Crippen LogP contribution in [0, 0.1) is 0 Å². The standard InChI is InChI=1S/C13H25NO2/c15-13(7-1-2-8-13)11-14-9-3-5-12-6-4-10-16-12/h12,14-15H,1-11H2. The number of hydrogen-bond acceptors (Lipinski definition) is 3. The lowest BCUT2D eigenvalue weighted by molar-refractivity contribution is 0.0473. The van der Waals surface area contributed by atoms with Crippen molar-refractivity contribution in [3.63, 3.8) is 0 Å². The summed E-state index contributed by atoms with van der Waals surface area (Å²) in [6.07, 6.45) is 9.66. The first kappa shape index (κ1) is 12.3. The lowest BCUT2D eigenvalue weighted by Gasteiger charge is -2.22. The molecule has 1 unspecified atom stereocenters. The highest BCUT2D eigenvalue weighted by Crippen LogP contribution is 2.28. The maximum atomic E-state index is 10.1. The van der Waals surface area contributed by atoms with Gasteiger partial charge in [-0.3, -0.25) is 0 Å². The molecule has 0 amide bonds. The van der Waals surface area contributed by atoms with Crippen LogP contribution in [-0.2, 0) is 4.74 Å². The van der Waals surface area contributed by atoms with E-state index in [0.29, 0.717) is 6.10 Å². The van der Waals surface area contributed by atoms with Gasteiger partial charge in [-0.15, -0.1) is 0 Å². The predicted molar refractivity (Wildman–Crippen MR) is 64.5 cm³/mol. The molecule has 2 rings (SSSR count). The highest BCUT2D eigenvalue weighted by molar-refractivity contribution is 4.86. The molecule has 1 aliphatic heterocycles. The summed E-state index contributed by atoms with van der Waals surface area (Å²) in [5, 5.41) is 13.5. The maximum absolute atomic E-state index is 10.1. The van der Waals surface area contributed by atoms with Crippen LogP contribution in [-0.4, -0.2) is 36.5 Å². The van der Waals surface area contributed by atoms with Gasteiger partial charge in [-0.1, -0.05) is 12.8 Å². The van der Waals surface area contributed by atoms with E-state index in [9.17, 15) is 5.11 Å². The van der Waals surface area contributed by atoms with E-state index in [4.69, 9.17) is 4.74 Å². The Hall–Kier alpha value is -0.120. The van der Waals surface area contributed by atoms with Gasteiger partial charge in [0.15, 0.2) is 0 Å². The molecule has 1 saturated carbocycles. The van der Waals surface area contributed by atoms with E-state index in [0.717, 1.165) is 32.5 Å². The van der Waals surface area contributed by atoms with Gasteiger partial charge in [0.05, 0.1) is 11.7 Å². The summed E-state index contributed by atoms with van der Waals surface area (Å²) in [5.41, 5.74) is -0.399. The van der Waals surface area contributed by atoms with Crippen molar-refractivity contribution < 1.29 is 9.84 Å². The monoisotopic (exact) mass is 227 g/mol. The number of nitrogens with one attached hydrogen (secondary N) is 1. The Kier molecular flexibility index (Phi) is 4.62. The molecule has 0 spiro atoms. The Morgan fingerprint density at radius 3 is 2.75 bits per heavy atom. The van der Waals surface area contributed by atoms with Crippen LogP contribution in [0.3, 0.4) is 0 Å². The van der Waals surface area contributed by atoms with Gasteiger partial charge in [-0.2, -0.15) is 0 Å². The third-order valence-corrected chi connectivity index (χ3v) is 3.89. The van der Waals surface area contributed by atoms with Crippen LogP contribution >= 0.6 is 0 Å². The van der Waals surface area contributed by atoms with Gasteiger partial charge in [0, 0.05) is 13.2 Å². The molecular formula is C13H25NO2. The number of ether oxygens (including phenoxy) is 1. The summed E-state index contributed by atoms with van der Waals surface area (Å²) in [6.45, 7) is 2.75. The SMILES string of the molecule is OC1(CNCCCC2CCCO2)CCCC1. The largest absolute Gasteiger partial charge is 0.389 e. The van der Waals surface area contributed by atoms with Gasteiger partial charge in [0.1, 0.15) is 0 Å². The van der Waals surface area contributed by atoms with Crippen molar-refractivity contribution >= 4 is 0 Å². The van der Waals surface area contributed by atoms with Crippen molar-refractivity contribution in [3.05, 3.63) is 0 Å². The van der Waals surface area contributed by atoms with Gasteiger partial charge < -0.3 is 15.2 Å². The summed E-state index contributed by atoms with van der Waals surface area (Å²) < 4.78 is 5.58. The van der Waals surface area contributed by atoms with E-state index in [2.05, 4.69) is 5.32 Å². The first-order valence-corrected chi connectivity index (χ1v) is 6.83. The van der Waals surface area contributed by atoms with E-state index in [1.54, 1.807) is 0 Å². The third kappa shape index (κ3) is 3.72. The van der Waals surface area contributed by atoms with Crippen LogP contribution in [0.1, 0.15) is 51.4 Å². The topological polar surface area (TPSA) is 41.5 Å². The fourth-order valence-electron chi connectivity index (χ4n) is 2.86. The number of rotatable bonds is 6. The minimum Gasteiger partial charge on any atom is -0.389 e. The van der Waals surface area contributed by atoms with E-state index < -0.39 is 5.60 Å². The zero-order valence-corrected chi connectivity index (χ0v) is 10.2. The number of aliphatic hydroxyl groups is 1. The van der Waals surface area contributed by atoms with Gasteiger partial charge in [-0.25, -0.2) is 0 Å². The van der Waals surface area contributed by atoms with Gasteiger partial charge >= 0.3 is 0 Å². The van der Waals surface area contributed by atoms with Crippen molar-refractivity contribution in [1.29, 1.82) is 0 Å². The summed E-state index contributed by atoms with van der Waals surface area (Å²) in [5.74, 6) is 0. The van der Waals surface area contributed by atoms with Crippen LogP contribution in [0.15, 0.2) is 0 Å². The number of hydrogen-bond donors (Lipinski definition) is 2. The Morgan fingerprint density at radius 2 is 2.06 bits per heavy atom. The maximum Gasteiger partial charge on any atom is 0.0771 e. The summed E-state index contributed by atoms with van der Waals surface area (Å²) in [7, 11) is 0. The van der Waals surface area contributed by atoms with Crippen molar-refractivity contribution in [3.8, 4) is 0 Å². The normalized spacial score (nSPS) is 28.7. The van der Waals surface area contributed by atoms with Gasteiger partial charge in [0.2, 0.25) is 0 Å². The minimum absolute atomic E-state index is 0.399. The summed E-state index contributed by atoms with van der Waals surface area (Å²) in [6, 6.07) is 0. The third-order valence-electron chi connectivity index (χ3n) is 3.89. The van der Waals surface area contributed by atoms with Crippen molar-refractivity contribution in [2.24, 2.45) is 0 Å². The molecule has 3 nitrogen and oxygen atoms in total. The van der Waals surface area contributed by atoms with Crippen molar-refractivity contribution in [2.75, 3.05) is 19.7 Å². The zero-order valence-electron chi connectivity index (χ0n) is 10.2. The first-order chi connectivity index (χ1) is 7.79. The second-order valence-electron chi connectivity index (χ2n) is 5.39. The molecule has 1 heterocycles. The Labute approximate surface area is 98.6 Å². The molecule has 1 atom stereocenters. The molecule has 1 saturated heterocycles. The van der Waals surface area contributed by atoms with E-state index in [1.165, 1.54) is 38.5 Å². The Bertz CT molecular complexity index is 196. The summed E-state index contributed by atoms with van der Waals surface area (Å²) >= 11 is 0. The van der Waals surface area contributed by atoms with Crippen LogP contribution in [0.4, 0.5) is 0 Å². The molecule has 1 aliphatic carbocycles.